The van der Waals surface area contributed by atoms with Crippen molar-refractivity contribution < 1.29 is 14.0 Å². The second-order valence-electron chi connectivity index (χ2n) is 6.88. The van der Waals surface area contributed by atoms with Gasteiger partial charge in [-0.3, -0.25) is 9.59 Å². The maximum Gasteiger partial charge on any atom is 0.349 e. The van der Waals surface area contributed by atoms with Crippen molar-refractivity contribution in [3.8, 4) is 0 Å². The Morgan fingerprint density at radius 2 is 2.12 bits per heavy atom. The van der Waals surface area contributed by atoms with Crippen molar-refractivity contribution in [2.45, 2.75) is 37.8 Å². The molecule has 3 heterocycles. The SMILES string of the molecule is C=CCc1cccc2cc(C(=O)N3[C@@H]4CC[C@H]3CNC(=O)C4)c(=O)oc12. The van der Waals surface area contributed by atoms with Gasteiger partial charge in [-0.15, -0.1) is 6.58 Å². The zero-order valence-corrected chi connectivity index (χ0v) is 14.4. The summed E-state index contributed by atoms with van der Waals surface area (Å²) in [6.07, 6.45) is 4.22. The minimum atomic E-state index is -0.637. The van der Waals surface area contributed by atoms with E-state index in [1.807, 2.05) is 18.2 Å². The van der Waals surface area contributed by atoms with Gasteiger partial charge in [0.05, 0.1) is 0 Å². The highest BCUT2D eigenvalue weighted by atomic mass is 16.4. The highest BCUT2D eigenvalue weighted by Crippen LogP contribution is 2.30. The molecule has 6 nitrogen and oxygen atoms in total. The molecule has 134 valence electrons. The Bertz CT molecular complexity index is 962. The van der Waals surface area contributed by atoms with E-state index in [0.29, 0.717) is 23.9 Å². The lowest BCUT2D eigenvalue weighted by atomic mass is 10.1. The molecule has 1 N–H and O–H groups in total. The van der Waals surface area contributed by atoms with Crippen molar-refractivity contribution in [1.82, 2.24) is 10.2 Å². The van der Waals surface area contributed by atoms with Crippen molar-refractivity contribution in [3.63, 3.8) is 0 Å². The minimum absolute atomic E-state index is 0.0273. The Kier molecular flexibility index (Phi) is 4.11. The summed E-state index contributed by atoms with van der Waals surface area (Å²) in [5.41, 5.74) is 0.740. The molecular weight excluding hydrogens is 332 g/mol. The lowest BCUT2D eigenvalue weighted by Gasteiger charge is -2.27. The monoisotopic (exact) mass is 352 g/mol. The fraction of sp³-hybridized carbons (Fsp3) is 0.350. The van der Waals surface area contributed by atoms with Crippen LogP contribution in [-0.2, 0) is 11.2 Å². The Hall–Kier alpha value is -2.89. The molecule has 2 aliphatic heterocycles. The first-order valence-electron chi connectivity index (χ1n) is 8.84. The van der Waals surface area contributed by atoms with Crippen molar-refractivity contribution in [3.05, 3.63) is 58.5 Å². The number of rotatable bonds is 3. The summed E-state index contributed by atoms with van der Waals surface area (Å²) in [5, 5.41) is 3.55. The highest BCUT2D eigenvalue weighted by molar-refractivity contribution is 5.98. The van der Waals surface area contributed by atoms with Gasteiger partial charge >= 0.3 is 5.63 Å². The average Bonchev–Trinajstić information content (AvgIpc) is 2.93. The van der Waals surface area contributed by atoms with Crippen molar-refractivity contribution in [2.75, 3.05) is 6.54 Å². The van der Waals surface area contributed by atoms with Crippen molar-refractivity contribution in [2.24, 2.45) is 0 Å². The number of hydrogen-bond donors (Lipinski definition) is 1. The molecule has 2 saturated heterocycles. The number of allylic oxidation sites excluding steroid dienone is 1. The van der Waals surface area contributed by atoms with Gasteiger partial charge in [0, 0.05) is 30.4 Å². The molecule has 0 saturated carbocycles. The van der Waals surface area contributed by atoms with Crippen LogP contribution in [0.5, 0.6) is 0 Å². The number of amides is 2. The minimum Gasteiger partial charge on any atom is -0.422 e. The lowest BCUT2D eigenvalue weighted by molar-refractivity contribution is -0.121. The number of nitrogens with zero attached hydrogens (tertiary/aromatic N) is 1. The molecule has 2 fully saturated rings. The van der Waals surface area contributed by atoms with Gasteiger partial charge in [-0.1, -0.05) is 24.3 Å². The summed E-state index contributed by atoms with van der Waals surface area (Å²) in [7, 11) is 0. The number of benzene rings is 1. The number of nitrogens with one attached hydrogen (secondary N) is 1. The molecule has 0 spiro atoms. The number of fused-ring (bicyclic) bond motifs is 3. The second-order valence-corrected chi connectivity index (χ2v) is 6.88. The largest absolute Gasteiger partial charge is 0.422 e. The van der Waals surface area contributed by atoms with E-state index in [1.165, 1.54) is 0 Å². The predicted molar refractivity (Wildman–Crippen MR) is 97.0 cm³/mol. The Balaban J connectivity index is 1.76. The van der Waals surface area contributed by atoms with Gasteiger partial charge in [0.2, 0.25) is 5.91 Å². The first-order valence-corrected chi connectivity index (χ1v) is 8.84. The van der Waals surface area contributed by atoms with Crippen LogP contribution >= 0.6 is 0 Å². The van der Waals surface area contributed by atoms with Crippen LogP contribution in [0.3, 0.4) is 0 Å². The van der Waals surface area contributed by atoms with Gasteiger partial charge in [-0.2, -0.15) is 0 Å². The van der Waals surface area contributed by atoms with Gasteiger partial charge < -0.3 is 14.6 Å². The lowest BCUT2D eigenvalue weighted by Crippen LogP contribution is -2.44. The Labute approximate surface area is 150 Å². The smallest absolute Gasteiger partial charge is 0.349 e. The fourth-order valence-corrected chi connectivity index (χ4v) is 4.02. The van der Waals surface area contributed by atoms with Crippen molar-refractivity contribution >= 4 is 22.8 Å². The average molecular weight is 352 g/mol. The van der Waals surface area contributed by atoms with Gasteiger partial charge in [-0.05, 0) is 30.9 Å². The van der Waals surface area contributed by atoms with Crippen LogP contribution in [0.1, 0.15) is 35.2 Å². The molecule has 1 aromatic carbocycles. The van der Waals surface area contributed by atoms with E-state index in [2.05, 4.69) is 11.9 Å². The molecule has 2 atom stereocenters. The third-order valence-corrected chi connectivity index (χ3v) is 5.25. The molecule has 2 amide bonds. The summed E-state index contributed by atoms with van der Waals surface area (Å²) < 4.78 is 5.50. The Morgan fingerprint density at radius 3 is 2.92 bits per heavy atom. The third kappa shape index (κ3) is 2.71. The molecule has 1 aromatic heterocycles. The van der Waals surface area contributed by atoms with E-state index in [1.54, 1.807) is 17.0 Å². The summed E-state index contributed by atoms with van der Waals surface area (Å²) in [4.78, 5) is 39.1. The van der Waals surface area contributed by atoms with E-state index < -0.39 is 5.63 Å². The van der Waals surface area contributed by atoms with Crippen LogP contribution in [0.2, 0.25) is 0 Å². The molecule has 2 bridgehead atoms. The molecule has 2 aliphatic rings. The van der Waals surface area contributed by atoms with E-state index in [0.717, 1.165) is 18.4 Å². The molecule has 0 radical (unpaired) electrons. The summed E-state index contributed by atoms with van der Waals surface area (Å²) >= 11 is 0. The van der Waals surface area contributed by atoms with E-state index in [9.17, 15) is 14.4 Å². The third-order valence-electron chi connectivity index (χ3n) is 5.25. The van der Waals surface area contributed by atoms with Crippen LogP contribution in [0.4, 0.5) is 0 Å². The van der Waals surface area contributed by atoms with Gasteiger partial charge in [0.15, 0.2) is 0 Å². The second kappa shape index (κ2) is 6.44. The van der Waals surface area contributed by atoms with Crippen LogP contribution in [-0.4, -0.2) is 35.3 Å². The number of carbonyl (C=O) groups excluding carboxylic acids is 2. The van der Waals surface area contributed by atoms with E-state index in [-0.39, 0.29) is 35.9 Å². The molecular formula is C20H20N2O4. The van der Waals surface area contributed by atoms with Gasteiger partial charge in [0.1, 0.15) is 11.1 Å². The van der Waals surface area contributed by atoms with E-state index >= 15 is 0 Å². The number of hydrogen-bond acceptors (Lipinski definition) is 4. The standard InChI is InChI=1S/C20H20N2O4/c1-2-4-12-5-3-6-13-9-16(20(25)26-18(12)13)19(24)22-14-7-8-15(22)11-21-17(23)10-14/h2-3,5-6,9,14-15H,1,4,7-8,10-11H2,(H,21,23)/t14-,15+/m1/s1. The van der Waals surface area contributed by atoms with Crippen LogP contribution in [0, 0.1) is 0 Å². The molecule has 2 aromatic rings. The van der Waals surface area contributed by atoms with Gasteiger partial charge in [-0.25, -0.2) is 4.79 Å². The zero-order valence-electron chi connectivity index (χ0n) is 14.4. The van der Waals surface area contributed by atoms with Crippen molar-refractivity contribution in [1.29, 1.82) is 0 Å². The summed E-state index contributed by atoms with van der Waals surface area (Å²) in [6.45, 7) is 4.15. The topological polar surface area (TPSA) is 79.6 Å². The quantitative estimate of drug-likeness (QED) is 0.677. The van der Waals surface area contributed by atoms with Crippen LogP contribution < -0.4 is 10.9 Å². The number of para-hydroxylation sites is 1. The maximum atomic E-state index is 13.1. The van der Waals surface area contributed by atoms with Crippen LogP contribution in [0.25, 0.3) is 11.0 Å². The molecule has 26 heavy (non-hydrogen) atoms. The number of carbonyl (C=O) groups is 2. The molecule has 6 heteroatoms. The Morgan fingerprint density at radius 1 is 1.31 bits per heavy atom. The molecule has 0 aliphatic carbocycles. The first kappa shape index (κ1) is 16.6. The maximum absolute atomic E-state index is 13.1. The van der Waals surface area contributed by atoms with E-state index in [4.69, 9.17) is 4.42 Å². The normalized spacial score (nSPS) is 22.2. The summed E-state index contributed by atoms with van der Waals surface area (Å²) in [6, 6.07) is 6.95. The molecule has 0 unspecified atom stereocenters. The first-order chi connectivity index (χ1) is 12.6. The fourth-order valence-electron chi connectivity index (χ4n) is 4.02. The highest BCUT2D eigenvalue weighted by Gasteiger charge is 2.41. The summed E-state index contributed by atoms with van der Waals surface area (Å²) in [5.74, 6) is -0.395. The van der Waals surface area contributed by atoms with Crippen LogP contribution in [0.15, 0.2) is 46.1 Å². The zero-order chi connectivity index (χ0) is 18.3. The molecule has 4 rings (SSSR count). The predicted octanol–water partition coefficient (Wildman–Crippen LogP) is 2.01. The van der Waals surface area contributed by atoms with Gasteiger partial charge in [0.25, 0.3) is 5.91 Å².